The third kappa shape index (κ3) is 5.17. The van der Waals surface area contributed by atoms with E-state index < -0.39 is 18.0 Å². The fourth-order valence-corrected chi connectivity index (χ4v) is 4.69. The Balaban J connectivity index is 1.30. The Morgan fingerprint density at radius 3 is 2.21 bits per heavy atom. The zero-order valence-corrected chi connectivity index (χ0v) is 18.3. The maximum atomic E-state index is 12.4. The third-order valence-electron chi connectivity index (χ3n) is 6.19. The van der Waals surface area contributed by atoms with E-state index in [0.717, 1.165) is 47.9 Å². The van der Waals surface area contributed by atoms with Gasteiger partial charge < -0.3 is 20.1 Å². The zero-order chi connectivity index (χ0) is 23.2. The predicted octanol–water partition coefficient (Wildman–Crippen LogP) is 3.38. The number of carbonyl (C=O) groups is 3. The molecule has 1 fully saturated rings. The van der Waals surface area contributed by atoms with E-state index >= 15 is 0 Å². The molecule has 2 aromatic carbocycles. The Labute approximate surface area is 192 Å². The van der Waals surface area contributed by atoms with Gasteiger partial charge in [0.2, 0.25) is 0 Å². The van der Waals surface area contributed by atoms with E-state index in [9.17, 15) is 14.4 Å². The van der Waals surface area contributed by atoms with Crippen LogP contribution in [0.2, 0.25) is 0 Å². The number of nitrogens with one attached hydrogen (secondary N) is 1. The van der Waals surface area contributed by atoms with Gasteiger partial charge in [0.05, 0.1) is 6.54 Å². The van der Waals surface area contributed by atoms with Gasteiger partial charge in [0, 0.05) is 12.0 Å². The number of aliphatic carboxylic acids is 1. The summed E-state index contributed by atoms with van der Waals surface area (Å²) in [5, 5.41) is 11.6. The molecular weight excluding hydrogens is 420 g/mol. The minimum Gasteiger partial charge on any atom is -0.480 e. The average molecular weight is 447 g/mol. The second-order valence-electron chi connectivity index (χ2n) is 8.25. The van der Waals surface area contributed by atoms with E-state index in [1.807, 2.05) is 36.4 Å². The monoisotopic (exact) mass is 446 g/mol. The first-order valence-corrected chi connectivity index (χ1v) is 11.1. The molecule has 0 aliphatic heterocycles. The molecule has 7 nitrogen and oxygen atoms in total. The van der Waals surface area contributed by atoms with Gasteiger partial charge in [-0.1, -0.05) is 67.3 Å². The highest BCUT2D eigenvalue weighted by atomic mass is 16.5. The molecule has 7 heteroatoms. The number of amides is 2. The lowest BCUT2D eigenvalue weighted by Gasteiger charge is -2.24. The zero-order valence-electron chi connectivity index (χ0n) is 18.3. The smallest absolute Gasteiger partial charge is 0.407 e. The first-order chi connectivity index (χ1) is 16.0. The Bertz CT molecular complexity index is 1070. The molecule has 4 rings (SSSR count). The number of nitrogens with zero attached hydrogens (tertiary/aromatic N) is 1. The van der Waals surface area contributed by atoms with Gasteiger partial charge in [-0.05, 0) is 41.0 Å². The molecule has 0 atom stereocenters. The summed E-state index contributed by atoms with van der Waals surface area (Å²) in [5.74, 6) is 3.43. The molecule has 0 unspecified atom stereocenters. The van der Waals surface area contributed by atoms with Crippen molar-refractivity contribution in [1.82, 2.24) is 10.2 Å². The van der Waals surface area contributed by atoms with Crippen LogP contribution in [0.3, 0.4) is 0 Å². The van der Waals surface area contributed by atoms with Crippen LogP contribution in [0.1, 0.15) is 42.7 Å². The number of alkyl carbamates (subject to hydrolysis) is 1. The third-order valence-corrected chi connectivity index (χ3v) is 6.19. The summed E-state index contributed by atoms with van der Waals surface area (Å²) in [7, 11) is 0. The Hall–Kier alpha value is -3.79. The summed E-state index contributed by atoms with van der Waals surface area (Å²) >= 11 is 0. The minimum atomic E-state index is -1.06. The molecule has 2 amide bonds. The summed E-state index contributed by atoms with van der Waals surface area (Å²) in [6, 6.07) is 16.1. The fraction of sp³-hybridized carbons (Fsp3) is 0.346. The fourth-order valence-electron chi connectivity index (χ4n) is 4.69. The summed E-state index contributed by atoms with van der Waals surface area (Å²) in [6.45, 7) is -0.230. The first-order valence-electron chi connectivity index (χ1n) is 11.1. The van der Waals surface area contributed by atoms with Crippen LogP contribution in [0.15, 0.2) is 48.5 Å². The Morgan fingerprint density at radius 2 is 1.61 bits per heavy atom. The van der Waals surface area contributed by atoms with E-state index in [-0.39, 0.29) is 31.7 Å². The maximum absolute atomic E-state index is 12.4. The van der Waals surface area contributed by atoms with Crippen LogP contribution in [0.25, 0.3) is 11.1 Å². The van der Waals surface area contributed by atoms with Crippen molar-refractivity contribution in [3.05, 3.63) is 59.7 Å². The molecule has 0 heterocycles. The topological polar surface area (TPSA) is 95.9 Å². The number of benzene rings is 2. The van der Waals surface area contributed by atoms with Crippen molar-refractivity contribution in [3.63, 3.8) is 0 Å². The predicted molar refractivity (Wildman–Crippen MR) is 122 cm³/mol. The summed E-state index contributed by atoms with van der Waals surface area (Å²) in [4.78, 5) is 37.0. The van der Waals surface area contributed by atoms with Crippen molar-refractivity contribution >= 4 is 18.0 Å². The summed E-state index contributed by atoms with van der Waals surface area (Å²) in [5.41, 5.74) is 4.56. The molecule has 0 aromatic heterocycles. The second-order valence-corrected chi connectivity index (χ2v) is 8.25. The lowest BCUT2D eigenvalue weighted by atomic mass is 9.98. The van der Waals surface area contributed by atoms with Crippen LogP contribution in [0, 0.1) is 11.8 Å². The van der Waals surface area contributed by atoms with E-state index in [1.54, 1.807) is 0 Å². The Kier molecular flexibility index (Phi) is 6.94. The van der Waals surface area contributed by atoms with Crippen molar-refractivity contribution in [2.24, 2.45) is 0 Å². The van der Waals surface area contributed by atoms with Gasteiger partial charge in [0.15, 0.2) is 0 Å². The molecule has 170 valence electrons. The van der Waals surface area contributed by atoms with Crippen LogP contribution >= 0.6 is 0 Å². The van der Waals surface area contributed by atoms with Gasteiger partial charge in [0.25, 0.3) is 5.91 Å². The van der Waals surface area contributed by atoms with Crippen molar-refractivity contribution in [1.29, 1.82) is 0 Å². The summed E-state index contributed by atoms with van der Waals surface area (Å²) in [6.07, 6.45) is 2.92. The molecule has 0 bridgehead atoms. The highest BCUT2D eigenvalue weighted by Crippen LogP contribution is 2.44. The number of hydrogen-bond acceptors (Lipinski definition) is 4. The lowest BCUT2D eigenvalue weighted by Crippen LogP contribution is -2.41. The number of carboxylic acids is 1. The van der Waals surface area contributed by atoms with Crippen LogP contribution < -0.4 is 5.32 Å². The highest BCUT2D eigenvalue weighted by Gasteiger charge is 2.29. The minimum absolute atomic E-state index is 0.0354. The van der Waals surface area contributed by atoms with Gasteiger partial charge in [-0.2, -0.15) is 0 Å². The summed E-state index contributed by atoms with van der Waals surface area (Å²) < 4.78 is 5.44. The molecule has 2 aliphatic rings. The van der Waals surface area contributed by atoms with Crippen molar-refractivity contribution in [3.8, 4) is 23.0 Å². The van der Waals surface area contributed by atoms with Crippen molar-refractivity contribution < 1.29 is 24.2 Å². The van der Waals surface area contributed by atoms with Gasteiger partial charge in [-0.3, -0.25) is 9.59 Å². The molecule has 0 radical (unpaired) electrons. The molecule has 33 heavy (non-hydrogen) atoms. The standard InChI is InChI=1S/C26H26N2O5/c29-24(28(16-25(30)31)18-8-1-2-9-18)14-7-15-27-26(32)33-17-23-21-12-5-3-10-19(21)20-11-4-6-13-22(20)23/h3-6,10-13,18,23H,1-2,8-9,15-17H2,(H,27,32)(H,30,31). The SMILES string of the molecule is O=C(O)CN(C(=O)C#CCNC(=O)OCC1c2ccccc2-c2ccccc21)C1CCCC1. The quantitative estimate of drug-likeness (QED) is 0.664. The average Bonchev–Trinajstić information content (AvgIpc) is 3.45. The number of carbonyl (C=O) groups excluding carboxylic acids is 2. The van der Waals surface area contributed by atoms with E-state index in [4.69, 9.17) is 9.84 Å². The largest absolute Gasteiger partial charge is 0.480 e. The number of rotatable bonds is 6. The number of carboxylic acid groups (broad SMARTS) is 1. The molecular formula is C26H26N2O5. The van der Waals surface area contributed by atoms with Crippen molar-refractivity contribution in [2.75, 3.05) is 19.7 Å². The Morgan fingerprint density at radius 1 is 1.00 bits per heavy atom. The molecule has 1 saturated carbocycles. The van der Waals surface area contributed by atoms with Crippen molar-refractivity contribution in [2.45, 2.75) is 37.6 Å². The van der Waals surface area contributed by atoms with E-state index in [1.165, 1.54) is 4.90 Å². The number of fused-ring (bicyclic) bond motifs is 3. The van der Waals surface area contributed by atoms with Gasteiger partial charge >= 0.3 is 12.1 Å². The first kappa shape index (κ1) is 22.4. The van der Waals surface area contributed by atoms with Gasteiger partial charge in [-0.25, -0.2) is 4.79 Å². The van der Waals surface area contributed by atoms with E-state index in [2.05, 4.69) is 29.3 Å². The molecule has 2 N–H and O–H groups in total. The van der Waals surface area contributed by atoms with Gasteiger partial charge in [-0.15, -0.1) is 0 Å². The lowest BCUT2D eigenvalue weighted by molar-refractivity contribution is -0.143. The van der Waals surface area contributed by atoms with Crippen LogP contribution in [0.5, 0.6) is 0 Å². The van der Waals surface area contributed by atoms with Crippen LogP contribution in [0.4, 0.5) is 4.79 Å². The number of hydrogen-bond donors (Lipinski definition) is 2. The highest BCUT2D eigenvalue weighted by molar-refractivity contribution is 5.95. The van der Waals surface area contributed by atoms with E-state index in [0.29, 0.717) is 0 Å². The molecule has 0 spiro atoms. The second kappa shape index (κ2) is 10.2. The van der Waals surface area contributed by atoms with Crippen LogP contribution in [-0.4, -0.2) is 53.7 Å². The van der Waals surface area contributed by atoms with Gasteiger partial charge in [0.1, 0.15) is 13.2 Å². The maximum Gasteiger partial charge on any atom is 0.407 e. The van der Waals surface area contributed by atoms with Crippen LogP contribution in [-0.2, 0) is 14.3 Å². The molecule has 0 saturated heterocycles. The molecule has 2 aliphatic carbocycles. The molecule has 2 aromatic rings. The normalized spacial score (nSPS) is 14.5. The number of ether oxygens (including phenoxy) is 1.